The van der Waals surface area contributed by atoms with Crippen molar-refractivity contribution in [1.29, 1.82) is 5.26 Å². The number of aromatic amines is 1. The number of nitrogens with zero attached hydrogens (tertiary/aromatic N) is 2. The van der Waals surface area contributed by atoms with Gasteiger partial charge in [0.15, 0.2) is 11.5 Å². The van der Waals surface area contributed by atoms with Crippen LogP contribution in [0.1, 0.15) is 16.7 Å². The topological polar surface area (TPSA) is 100 Å². The number of amides is 1. The number of hydrogen-bond donors (Lipinski definition) is 2. The Hall–Kier alpha value is -4.05. The molecule has 0 spiro atoms. The summed E-state index contributed by atoms with van der Waals surface area (Å²) in [6.45, 7) is 2.34. The summed E-state index contributed by atoms with van der Waals surface area (Å²) in [7, 11) is 3.12. The summed E-state index contributed by atoms with van der Waals surface area (Å²) in [6.07, 6.45) is 3.08. The SMILES string of the molecule is COc1ccc(-c2[nH]ncc2C=C(C#N)C(=O)NCc2ccc(C)cc2)cc1OC. The maximum absolute atomic E-state index is 12.5. The minimum atomic E-state index is -0.447. The molecular weight excluding hydrogens is 380 g/mol. The molecule has 3 aromatic rings. The monoisotopic (exact) mass is 402 g/mol. The summed E-state index contributed by atoms with van der Waals surface area (Å²) >= 11 is 0. The van der Waals surface area contributed by atoms with Crippen molar-refractivity contribution in [2.45, 2.75) is 13.5 Å². The average molecular weight is 402 g/mol. The van der Waals surface area contributed by atoms with Gasteiger partial charge in [0.1, 0.15) is 11.6 Å². The molecule has 7 nitrogen and oxygen atoms in total. The molecule has 0 unspecified atom stereocenters. The molecular formula is C23H22N4O3. The smallest absolute Gasteiger partial charge is 0.262 e. The van der Waals surface area contributed by atoms with Crippen LogP contribution in [-0.4, -0.2) is 30.3 Å². The summed E-state index contributed by atoms with van der Waals surface area (Å²) < 4.78 is 10.6. The molecule has 0 aliphatic carbocycles. The van der Waals surface area contributed by atoms with Crippen molar-refractivity contribution in [3.63, 3.8) is 0 Å². The van der Waals surface area contributed by atoms with Crippen molar-refractivity contribution in [2.24, 2.45) is 0 Å². The van der Waals surface area contributed by atoms with Gasteiger partial charge in [-0.25, -0.2) is 0 Å². The maximum atomic E-state index is 12.5. The van der Waals surface area contributed by atoms with E-state index in [2.05, 4.69) is 15.5 Å². The third kappa shape index (κ3) is 4.67. The highest BCUT2D eigenvalue weighted by Crippen LogP contribution is 2.33. The second kappa shape index (κ2) is 9.43. The number of carbonyl (C=O) groups excluding carboxylic acids is 1. The van der Waals surface area contributed by atoms with Crippen LogP contribution < -0.4 is 14.8 Å². The van der Waals surface area contributed by atoms with Crippen LogP contribution in [0.4, 0.5) is 0 Å². The first-order valence-corrected chi connectivity index (χ1v) is 9.27. The van der Waals surface area contributed by atoms with Gasteiger partial charge in [0, 0.05) is 17.7 Å². The quantitative estimate of drug-likeness (QED) is 0.464. The zero-order valence-electron chi connectivity index (χ0n) is 17.0. The van der Waals surface area contributed by atoms with E-state index in [9.17, 15) is 10.1 Å². The lowest BCUT2D eigenvalue weighted by atomic mass is 10.1. The summed E-state index contributed by atoms with van der Waals surface area (Å²) in [4.78, 5) is 12.5. The van der Waals surface area contributed by atoms with E-state index in [1.807, 2.05) is 43.3 Å². The van der Waals surface area contributed by atoms with Gasteiger partial charge in [0.05, 0.1) is 26.1 Å². The second-order valence-electron chi connectivity index (χ2n) is 6.61. The molecule has 2 aromatic carbocycles. The van der Waals surface area contributed by atoms with Crippen LogP contribution in [-0.2, 0) is 11.3 Å². The van der Waals surface area contributed by atoms with E-state index >= 15 is 0 Å². The van der Waals surface area contributed by atoms with Crippen LogP contribution in [0.15, 0.2) is 54.2 Å². The lowest BCUT2D eigenvalue weighted by Gasteiger charge is -2.09. The van der Waals surface area contributed by atoms with Crippen molar-refractivity contribution in [2.75, 3.05) is 14.2 Å². The van der Waals surface area contributed by atoms with Crippen molar-refractivity contribution in [1.82, 2.24) is 15.5 Å². The Morgan fingerprint density at radius 2 is 1.90 bits per heavy atom. The molecule has 0 fully saturated rings. The number of nitriles is 1. The summed E-state index contributed by atoms with van der Waals surface area (Å²) in [5.74, 6) is 0.722. The number of benzene rings is 2. The van der Waals surface area contributed by atoms with E-state index in [1.54, 1.807) is 32.5 Å². The molecule has 2 N–H and O–H groups in total. The predicted molar refractivity (Wildman–Crippen MR) is 114 cm³/mol. The first-order valence-electron chi connectivity index (χ1n) is 9.27. The molecule has 1 heterocycles. The zero-order valence-corrected chi connectivity index (χ0v) is 17.0. The number of hydrogen-bond acceptors (Lipinski definition) is 5. The van der Waals surface area contributed by atoms with Gasteiger partial charge in [-0.05, 0) is 36.8 Å². The molecule has 1 amide bonds. The Morgan fingerprint density at radius 3 is 2.57 bits per heavy atom. The fourth-order valence-electron chi connectivity index (χ4n) is 2.92. The number of carbonyl (C=O) groups is 1. The van der Waals surface area contributed by atoms with Gasteiger partial charge in [-0.1, -0.05) is 29.8 Å². The third-order valence-corrected chi connectivity index (χ3v) is 4.58. The standard InChI is InChI=1S/C23H22N4O3/c1-15-4-6-16(7-5-15)13-25-23(28)18(12-24)10-19-14-26-27-22(19)17-8-9-20(29-2)21(11-17)30-3/h4-11,14H,13H2,1-3H3,(H,25,28)(H,26,27). The van der Waals surface area contributed by atoms with Crippen molar-refractivity contribution in [3.8, 4) is 28.8 Å². The second-order valence-corrected chi connectivity index (χ2v) is 6.61. The van der Waals surface area contributed by atoms with E-state index in [0.717, 1.165) is 16.7 Å². The van der Waals surface area contributed by atoms with E-state index < -0.39 is 5.91 Å². The highest BCUT2D eigenvalue weighted by molar-refractivity contribution is 6.02. The van der Waals surface area contributed by atoms with Crippen molar-refractivity contribution >= 4 is 12.0 Å². The molecule has 152 valence electrons. The van der Waals surface area contributed by atoms with Gasteiger partial charge in [-0.15, -0.1) is 0 Å². The number of H-pyrrole nitrogens is 1. The lowest BCUT2D eigenvalue weighted by molar-refractivity contribution is -0.117. The molecule has 30 heavy (non-hydrogen) atoms. The largest absolute Gasteiger partial charge is 0.493 e. The van der Waals surface area contributed by atoms with E-state index in [1.165, 1.54) is 6.08 Å². The van der Waals surface area contributed by atoms with Crippen LogP contribution in [0.25, 0.3) is 17.3 Å². The Bertz CT molecular complexity index is 1110. The molecule has 0 saturated carbocycles. The van der Waals surface area contributed by atoms with E-state index in [0.29, 0.717) is 29.3 Å². The number of aromatic nitrogens is 2. The predicted octanol–water partition coefficient (Wildman–Crippen LogP) is 3.63. The van der Waals surface area contributed by atoms with Gasteiger partial charge in [0.25, 0.3) is 5.91 Å². The fraction of sp³-hybridized carbons (Fsp3) is 0.174. The summed E-state index contributed by atoms with van der Waals surface area (Å²) in [5.41, 5.74) is 4.16. The van der Waals surface area contributed by atoms with Gasteiger partial charge < -0.3 is 14.8 Å². The summed E-state index contributed by atoms with van der Waals surface area (Å²) in [6, 6.07) is 15.2. The molecule has 0 radical (unpaired) electrons. The van der Waals surface area contributed by atoms with Gasteiger partial charge in [-0.3, -0.25) is 9.89 Å². The molecule has 0 bridgehead atoms. The number of methoxy groups -OCH3 is 2. The number of aryl methyl sites for hydroxylation is 1. The van der Waals surface area contributed by atoms with Crippen LogP contribution in [0.3, 0.4) is 0 Å². The molecule has 3 rings (SSSR count). The van der Waals surface area contributed by atoms with Crippen LogP contribution in [0.2, 0.25) is 0 Å². The molecule has 0 atom stereocenters. The average Bonchev–Trinajstić information content (AvgIpc) is 3.24. The molecule has 7 heteroatoms. The lowest BCUT2D eigenvalue weighted by Crippen LogP contribution is -2.23. The van der Waals surface area contributed by atoms with Crippen LogP contribution in [0.5, 0.6) is 11.5 Å². The number of rotatable bonds is 7. The minimum Gasteiger partial charge on any atom is -0.493 e. The van der Waals surface area contributed by atoms with Gasteiger partial charge in [0.2, 0.25) is 0 Å². The van der Waals surface area contributed by atoms with Crippen molar-refractivity contribution in [3.05, 3.63) is 70.9 Å². The zero-order chi connectivity index (χ0) is 21.5. The highest BCUT2D eigenvalue weighted by atomic mass is 16.5. The summed E-state index contributed by atoms with van der Waals surface area (Å²) in [5, 5.41) is 19.2. The van der Waals surface area contributed by atoms with E-state index in [4.69, 9.17) is 9.47 Å². The first-order chi connectivity index (χ1) is 14.5. The maximum Gasteiger partial charge on any atom is 0.262 e. The molecule has 0 aliphatic rings. The van der Waals surface area contributed by atoms with Crippen LogP contribution in [0, 0.1) is 18.3 Å². The number of ether oxygens (including phenoxy) is 2. The van der Waals surface area contributed by atoms with Crippen molar-refractivity contribution < 1.29 is 14.3 Å². The Kier molecular flexibility index (Phi) is 6.50. The molecule has 0 saturated heterocycles. The van der Waals surface area contributed by atoms with Crippen LogP contribution >= 0.6 is 0 Å². The normalized spacial score (nSPS) is 10.9. The Morgan fingerprint density at radius 1 is 1.17 bits per heavy atom. The highest BCUT2D eigenvalue weighted by Gasteiger charge is 2.14. The molecule has 0 aliphatic heterocycles. The fourth-order valence-corrected chi connectivity index (χ4v) is 2.92. The Labute approximate surface area is 175 Å². The van der Waals surface area contributed by atoms with Gasteiger partial charge in [-0.2, -0.15) is 10.4 Å². The molecule has 1 aromatic heterocycles. The number of nitrogens with one attached hydrogen (secondary N) is 2. The third-order valence-electron chi connectivity index (χ3n) is 4.58. The Balaban J connectivity index is 1.82. The van der Waals surface area contributed by atoms with E-state index in [-0.39, 0.29) is 5.57 Å². The minimum absolute atomic E-state index is 0.00904. The van der Waals surface area contributed by atoms with Gasteiger partial charge >= 0.3 is 0 Å². The first kappa shape index (κ1) is 20.7.